The smallest absolute Gasteiger partial charge is 0.351 e. The van der Waals surface area contributed by atoms with Gasteiger partial charge in [0.1, 0.15) is 12.1 Å². The topological polar surface area (TPSA) is 157 Å². The monoisotopic (exact) mass is 505 g/mol. The SMILES string of the molecule is CC(C)c1noc(C2CCN(c3ncnc(Nc4ccc(S(C)(=O)=O)cc4F)c3[N+](=O)[O-])CC2)n1. The quantitative estimate of drug-likeness (QED) is 0.370. The second-order valence-corrected chi connectivity index (χ2v) is 10.6. The Hall–Kier alpha value is -3.68. The molecule has 0 unspecified atom stereocenters. The molecule has 4 rings (SSSR count). The highest BCUT2D eigenvalue weighted by Gasteiger charge is 2.32. The molecule has 1 aromatic carbocycles. The molecule has 3 heterocycles. The summed E-state index contributed by atoms with van der Waals surface area (Å²) in [5.41, 5.74) is -0.557. The molecule has 0 spiro atoms. The molecule has 0 atom stereocenters. The minimum atomic E-state index is -3.61. The van der Waals surface area contributed by atoms with Gasteiger partial charge in [-0.3, -0.25) is 10.1 Å². The Bertz CT molecular complexity index is 1350. The lowest BCUT2D eigenvalue weighted by Crippen LogP contribution is -2.34. The Morgan fingerprint density at radius 2 is 1.97 bits per heavy atom. The third kappa shape index (κ3) is 5.21. The molecule has 0 bridgehead atoms. The van der Waals surface area contributed by atoms with Crippen molar-refractivity contribution in [3.05, 3.63) is 52.2 Å². The largest absolute Gasteiger partial charge is 0.353 e. The number of aromatic nitrogens is 4. The van der Waals surface area contributed by atoms with Gasteiger partial charge in [0.05, 0.1) is 15.5 Å². The maximum Gasteiger partial charge on any atom is 0.353 e. The molecule has 186 valence electrons. The second-order valence-electron chi connectivity index (χ2n) is 8.60. The molecule has 1 N–H and O–H groups in total. The lowest BCUT2D eigenvalue weighted by atomic mass is 9.96. The van der Waals surface area contributed by atoms with Crippen molar-refractivity contribution in [1.29, 1.82) is 0 Å². The number of nitro groups is 1. The van der Waals surface area contributed by atoms with Crippen LogP contribution in [-0.2, 0) is 9.84 Å². The fourth-order valence-corrected chi connectivity index (χ4v) is 4.43. The predicted molar refractivity (Wildman–Crippen MR) is 124 cm³/mol. The summed E-state index contributed by atoms with van der Waals surface area (Å²) in [5, 5.41) is 18.6. The van der Waals surface area contributed by atoms with E-state index in [-0.39, 0.29) is 34.1 Å². The van der Waals surface area contributed by atoms with Crippen LogP contribution < -0.4 is 10.2 Å². The molecule has 35 heavy (non-hydrogen) atoms. The first-order chi connectivity index (χ1) is 16.5. The van der Waals surface area contributed by atoms with Gasteiger partial charge in [0.15, 0.2) is 15.7 Å². The number of sulfone groups is 1. The Morgan fingerprint density at radius 1 is 1.26 bits per heavy atom. The molecule has 0 saturated carbocycles. The average molecular weight is 506 g/mol. The van der Waals surface area contributed by atoms with Crippen LogP contribution in [0.4, 0.5) is 27.4 Å². The van der Waals surface area contributed by atoms with Crippen molar-refractivity contribution >= 4 is 32.8 Å². The zero-order chi connectivity index (χ0) is 25.3. The lowest BCUT2D eigenvalue weighted by molar-refractivity contribution is -0.383. The van der Waals surface area contributed by atoms with E-state index in [9.17, 15) is 22.9 Å². The van der Waals surface area contributed by atoms with Gasteiger partial charge in [-0.1, -0.05) is 19.0 Å². The Morgan fingerprint density at radius 3 is 2.54 bits per heavy atom. The number of piperidine rings is 1. The minimum absolute atomic E-state index is 0.0344. The van der Waals surface area contributed by atoms with Crippen molar-refractivity contribution in [1.82, 2.24) is 20.1 Å². The average Bonchev–Trinajstić information content (AvgIpc) is 3.30. The van der Waals surface area contributed by atoms with Crippen LogP contribution in [0.2, 0.25) is 0 Å². The number of nitrogens with zero attached hydrogens (tertiary/aromatic N) is 6. The van der Waals surface area contributed by atoms with E-state index in [0.29, 0.717) is 37.6 Å². The molecule has 2 aromatic heterocycles. The van der Waals surface area contributed by atoms with Gasteiger partial charge in [-0.05, 0) is 31.0 Å². The van der Waals surface area contributed by atoms with Crippen LogP contribution >= 0.6 is 0 Å². The molecule has 0 aliphatic carbocycles. The van der Waals surface area contributed by atoms with Gasteiger partial charge in [-0.2, -0.15) is 4.98 Å². The van der Waals surface area contributed by atoms with E-state index in [0.717, 1.165) is 18.6 Å². The van der Waals surface area contributed by atoms with Gasteiger partial charge in [-0.15, -0.1) is 0 Å². The first-order valence-corrected chi connectivity index (χ1v) is 12.8. The van der Waals surface area contributed by atoms with Crippen LogP contribution in [0.5, 0.6) is 0 Å². The van der Waals surface area contributed by atoms with Crippen molar-refractivity contribution in [2.45, 2.75) is 43.4 Å². The highest BCUT2D eigenvalue weighted by Crippen LogP contribution is 2.37. The third-order valence-corrected chi connectivity index (χ3v) is 6.84. The number of rotatable bonds is 7. The molecule has 1 aliphatic heterocycles. The summed E-state index contributed by atoms with van der Waals surface area (Å²) in [6, 6.07) is 3.25. The fraction of sp³-hybridized carbons (Fsp3) is 0.429. The van der Waals surface area contributed by atoms with Crippen LogP contribution in [0.25, 0.3) is 0 Å². The number of benzene rings is 1. The number of nitrogens with one attached hydrogen (secondary N) is 1. The van der Waals surface area contributed by atoms with E-state index in [1.54, 1.807) is 4.90 Å². The summed E-state index contributed by atoms with van der Waals surface area (Å²) in [4.78, 5) is 25.4. The molecule has 12 nitrogen and oxygen atoms in total. The van der Waals surface area contributed by atoms with Crippen LogP contribution in [0.1, 0.15) is 50.2 Å². The fourth-order valence-electron chi connectivity index (χ4n) is 3.80. The van der Waals surface area contributed by atoms with Gasteiger partial charge in [0.2, 0.25) is 17.5 Å². The predicted octanol–water partition coefficient (Wildman–Crippen LogP) is 3.56. The first kappa shape index (κ1) is 24.4. The van der Waals surface area contributed by atoms with Crippen LogP contribution in [0.15, 0.2) is 33.9 Å². The van der Waals surface area contributed by atoms with E-state index in [1.165, 1.54) is 12.1 Å². The van der Waals surface area contributed by atoms with E-state index in [2.05, 4.69) is 25.4 Å². The molecule has 3 aromatic rings. The van der Waals surface area contributed by atoms with Gasteiger partial charge >= 0.3 is 5.69 Å². The minimum Gasteiger partial charge on any atom is -0.351 e. The van der Waals surface area contributed by atoms with Gasteiger partial charge in [0.25, 0.3) is 0 Å². The Labute approximate surface area is 200 Å². The molecule has 0 radical (unpaired) electrons. The highest BCUT2D eigenvalue weighted by molar-refractivity contribution is 7.90. The zero-order valence-electron chi connectivity index (χ0n) is 19.3. The number of anilines is 3. The molecule has 14 heteroatoms. The maximum atomic E-state index is 14.5. The van der Waals surface area contributed by atoms with E-state index < -0.39 is 26.3 Å². The Balaban J connectivity index is 1.56. The number of halogens is 1. The van der Waals surface area contributed by atoms with Crippen LogP contribution in [0, 0.1) is 15.9 Å². The second kappa shape index (κ2) is 9.52. The zero-order valence-corrected chi connectivity index (χ0v) is 20.1. The molecule has 0 amide bonds. The summed E-state index contributed by atoms with van der Waals surface area (Å²) in [6.45, 7) is 4.86. The molecule has 1 fully saturated rings. The standard InChI is InChI=1S/C21H24FN7O5S/c1-12(2)18-26-21(34-27-18)13-6-8-28(9-7-13)20-17(29(30)31)19(23-11-24-20)25-16-5-4-14(10-15(16)22)35(3,32)33/h4-5,10-13H,6-9H2,1-3H3,(H,23,24,25). The molecule has 1 saturated heterocycles. The summed E-state index contributed by atoms with van der Waals surface area (Å²) in [7, 11) is -3.61. The first-order valence-electron chi connectivity index (χ1n) is 10.9. The number of hydrogen-bond acceptors (Lipinski definition) is 11. The maximum absolute atomic E-state index is 14.5. The summed E-state index contributed by atoms with van der Waals surface area (Å²) in [5.74, 6) is 0.395. The van der Waals surface area contributed by atoms with Crippen LogP contribution in [-0.4, -0.2) is 52.8 Å². The van der Waals surface area contributed by atoms with Crippen molar-refractivity contribution in [2.24, 2.45) is 0 Å². The normalized spacial score (nSPS) is 14.9. The lowest BCUT2D eigenvalue weighted by Gasteiger charge is -2.30. The Kier molecular flexibility index (Phi) is 6.65. The molecular formula is C21H24FN7O5S. The van der Waals surface area contributed by atoms with E-state index in [1.807, 2.05) is 13.8 Å². The van der Waals surface area contributed by atoms with E-state index >= 15 is 0 Å². The van der Waals surface area contributed by atoms with Crippen molar-refractivity contribution < 1.29 is 22.3 Å². The van der Waals surface area contributed by atoms with Gasteiger partial charge in [0, 0.05) is 31.2 Å². The number of hydrogen-bond donors (Lipinski definition) is 1. The van der Waals surface area contributed by atoms with Crippen molar-refractivity contribution in [2.75, 3.05) is 29.6 Å². The molecular weight excluding hydrogens is 481 g/mol. The highest BCUT2D eigenvalue weighted by atomic mass is 32.2. The van der Waals surface area contributed by atoms with Crippen LogP contribution in [0.3, 0.4) is 0 Å². The third-order valence-electron chi connectivity index (χ3n) is 5.72. The summed E-state index contributed by atoms with van der Waals surface area (Å²) in [6.07, 6.45) is 3.38. The summed E-state index contributed by atoms with van der Waals surface area (Å²) < 4.78 is 43.2. The van der Waals surface area contributed by atoms with Gasteiger partial charge < -0.3 is 14.7 Å². The summed E-state index contributed by atoms with van der Waals surface area (Å²) >= 11 is 0. The van der Waals surface area contributed by atoms with Gasteiger partial charge in [-0.25, -0.2) is 22.8 Å². The molecule has 1 aliphatic rings. The van der Waals surface area contributed by atoms with E-state index in [4.69, 9.17) is 4.52 Å². The van der Waals surface area contributed by atoms with Crippen molar-refractivity contribution in [3.8, 4) is 0 Å². The van der Waals surface area contributed by atoms with Crippen molar-refractivity contribution in [3.63, 3.8) is 0 Å².